The van der Waals surface area contributed by atoms with E-state index in [0.29, 0.717) is 0 Å². The highest BCUT2D eigenvalue weighted by atomic mass is 19.4. The third-order valence-corrected chi connectivity index (χ3v) is 3.77. The van der Waals surface area contributed by atoms with Crippen molar-refractivity contribution in [3.8, 4) is 0 Å². The van der Waals surface area contributed by atoms with Crippen LogP contribution in [0, 0.1) is 0 Å². The van der Waals surface area contributed by atoms with Gasteiger partial charge in [-0.05, 0) is 17.2 Å². The molecule has 2 rings (SSSR count). The van der Waals surface area contributed by atoms with Crippen LogP contribution in [0.25, 0.3) is 0 Å². The Labute approximate surface area is 147 Å². The molecule has 26 heavy (non-hydrogen) atoms. The largest absolute Gasteiger partial charge is 0.416 e. The maximum atomic E-state index is 13.1. The van der Waals surface area contributed by atoms with Crippen molar-refractivity contribution >= 4 is 11.8 Å². The summed E-state index contributed by atoms with van der Waals surface area (Å²) in [5.41, 5.74) is 4.40. The molecule has 0 radical (unpaired) electrons. The van der Waals surface area contributed by atoms with Crippen LogP contribution in [0.5, 0.6) is 0 Å². The lowest BCUT2D eigenvalue weighted by molar-refractivity contribution is -0.138. The van der Waals surface area contributed by atoms with Crippen molar-refractivity contribution in [3.05, 3.63) is 71.3 Å². The molecule has 0 aliphatic rings. The van der Waals surface area contributed by atoms with Crippen molar-refractivity contribution in [1.82, 2.24) is 5.32 Å². The van der Waals surface area contributed by atoms with Gasteiger partial charge < -0.3 is 16.2 Å². The van der Waals surface area contributed by atoms with Gasteiger partial charge in [-0.15, -0.1) is 0 Å². The number of benzene rings is 2. The number of carbonyl (C=O) groups excluding carboxylic acids is 2. The first-order chi connectivity index (χ1) is 12.2. The maximum absolute atomic E-state index is 13.1. The fraction of sp³-hybridized carbons (Fsp3) is 0.222. The summed E-state index contributed by atoms with van der Waals surface area (Å²) in [5.74, 6) is -1.93. The zero-order valence-corrected chi connectivity index (χ0v) is 13.5. The van der Waals surface area contributed by atoms with E-state index in [0.717, 1.165) is 6.07 Å². The average molecular weight is 366 g/mol. The molecule has 0 heterocycles. The molecule has 8 heteroatoms. The van der Waals surface area contributed by atoms with Crippen molar-refractivity contribution in [3.63, 3.8) is 0 Å². The molecular formula is C18H17F3N2O3. The van der Waals surface area contributed by atoms with Crippen LogP contribution in [-0.2, 0) is 22.2 Å². The zero-order valence-electron chi connectivity index (χ0n) is 13.5. The minimum absolute atomic E-state index is 0.182. The predicted octanol–water partition coefficient (Wildman–Crippen LogP) is 1.95. The summed E-state index contributed by atoms with van der Waals surface area (Å²) in [4.78, 5) is 23.7. The third kappa shape index (κ3) is 4.82. The standard InChI is InChI=1S/C18H17F3N2O3/c19-18(20,21)13-9-5-4-8-12(13)10-14(16(22)25)23-17(26)15(24)11-6-2-1-3-7-11/h1-9,14-15,24H,10H2,(H2,22,25)(H,23,26)/t14-,15+/m1/s1. The topological polar surface area (TPSA) is 92.4 Å². The van der Waals surface area contributed by atoms with Crippen LogP contribution in [0.15, 0.2) is 54.6 Å². The van der Waals surface area contributed by atoms with E-state index in [1.165, 1.54) is 30.3 Å². The molecule has 4 N–H and O–H groups in total. The SMILES string of the molecule is NC(=O)[C@@H](Cc1ccccc1C(F)(F)F)NC(=O)[C@@H](O)c1ccccc1. The summed E-state index contributed by atoms with van der Waals surface area (Å²) < 4.78 is 39.2. The van der Waals surface area contributed by atoms with E-state index in [4.69, 9.17) is 5.73 Å². The molecule has 2 aromatic rings. The lowest BCUT2D eigenvalue weighted by Gasteiger charge is -2.20. The molecule has 2 aromatic carbocycles. The van der Waals surface area contributed by atoms with Crippen LogP contribution in [0.1, 0.15) is 22.8 Å². The molecule has 0 aliphatic carbocycles. The average Bonchev–Trinajstić information content (AvgIpc) is 2.60. The van der Waals surface area contributed by atoms with Gasteiger partial charge in [-0.2, -0.15) is 13.2 Å². The molecule has 0 aromatic heterocycles. The van der Waals surface area contributed by atoms with Gasteiger partial charge in [-0.3, -0.25) is 9.59 Å². The quantitative estimate of drug-likeness (QED) is 0.730. The number of amides is 2. The van der Waals surface area contributed by atoms with Crippen molar-refractivity contribution in [2.24, 2.45) is 5.73 Å². The molecule has 0 fully saturated rings. The fourth-order valence-electron chi connectivity index (χ4n) is 2.45. The minimum Gasteiger partial charge on any atom is -0.378 e. The minimum atomic E-state index is -4.60. The van der Waals surface area contributed by atoms with E-state index in [-0.39, 0.29) is 11.1 Å². The van der Waals surface area contributed by atoms with Crippen LogP contribution in [0.2, 0.25) is 0 Å². The van der Waals surface area contributed by atoms with Gasteiger partial charge >= 0.3 is 6.18 Å². The summed E-state index contributed by atoms with van der Waals surface area (Å²) in [6.45, 7) is 0. The van der Waals surface area contributed by atoms with Crippen molar-refractivity contribution in [2.75, 3.05) is 0 Å². The molecule has 0 unspecified atom stereocenters. The van der Waals surface area contributed by atoms with Gasteiger partial charge in [0.1, 0.15) is 6.04 Å². The van der Waals surface area contributed by atoms with Crippen LogP contribution in [0.4, 0.5) is 13.2 Å². The molecule has 2 atom stereocenters. The lowest BCUT2D eigenvalue weighted by Crippen LogP contribution is -2.47. The second kappa shape index (κ2) is 8.01. The predicted molar refractivity (Wildman–Crippen MR) is 87.7 cm³/mol. The number of hydrogen-bond donors (Lipinski definition) is 3. The van der Waals surface area contributed by atoms with E-state index in [9.17, 15) is 27.9 Å². The van der Waals surface area contributed by atoms with Crippen LogP contribution >= 0.6 is 0 Å². The number of rotatable bonds is 6. The Morgan fingerprint density at radius 1 is 1.04 bits per heavy atom. The zero-order chi connectivity index (χ0) is 19.3. The smallest absolute Gasteiger partial charge is 0.378 e. The molecular weight excluding hydrogens is 349 g/mol. The molecule has 5 nitrogen and oxygen atoms in total. The number of hydrogen-bond acceptors (Lipinski definition) is 3. The summed E-state index contributed by atoms with van der Waals surface area (Å²) in [6.07, 6.45) is -6.62. The van der Waals surface area contributed by atoms with Crippen LogP contribution in [-0.4, -0.2) is 23.0 Å². The Morgan fingerprint density at radius 3 is 2.19 bits per heavy atom. The van der Waals surface area contributed by atoms with Crippen LogP contribution in [0.3, 0.4) is 0 Å². The van der Waals surface area contributed by atoms with E-state index >= 15 is 0 Å². The Bertz CT molecular complexity index is 779. The first-order valence-corrected chi connectivity index (χ1v) is 7.68. The van der Waals surface area contributed by atoms with Gasteiger partial charge in [0.05, 0.1) is 5.56 Å². The van der Waals surface area contributed by atoms with Gasteiger partial charge in [0, 0.05) is 6.42 Å². The second-order valence-corrected chi connectivity index (χ2v) is 5.64. The number of nitrogens with two attached hydrogens (primary N) is 1. The van der Waals surface area contributed by atoms with E-state index < -0.39 is 42.1 Å². The third-order valence-electron chi connectivity index (χ3n) is 3.77. The van der Waals surface area contributed by atoms with Crippen molar-refractivity contribution < 1.29 is 27.9 Å². The lowest BCUT2D eigenvalue weighted by atomic mass is 9.99. The van der Waals surface area contributed by atoms with Gasteiger partial charge in [-0.1, -0.05) is 48.5 Å². The van der Waals surface area contributed by atoms with E-state index in [1.807, 2.05) is 0 Å². The van der Waals surface area contributed by atoms with E-state index in [2.05, 4.69) is 5.32 Å². The molecule has 2 amide bonds. The van der Waals surface area contributed by atoms with Gasteiger partial charge in [0.15, 0.2) is 6.10 Å². The number of aliphatic hydroxyl groups is 1. The Balaban J connectivity index is 2.18. The van der Waals surface area contributed by atoms with E-state index in [1.54, 1.807) is 18.2 Å². The van der Waals surface area contributed by atoms with Gasteiger partial charge in [0.25, 0.3) is 5.91 Å². The number of halogens is 3. The van der Waals surface area contributed by atoms with Gasteiger partial charge in [-0.25, -0.2) is 0 Å². The number of primary amides is 1. The normalized spacial score (nSPS) is 13.7. The molecule has 0 saturated carbocycles. The summed E-state index contributed by atoms with van der Waals surface area (Å²) in [6, 6.07) is 11.2. The Morgan fingerprint density at radius 2 is 1.62 bits per heavy atom. The monoisotopic (exact) mass is 366 g/mol. The molecule has 138 valence electrons. The summed E-state index contributed by atoms with van der Waals surface area (Å²) in [5, 5.41) is 12.2. The fourth-order valence-corrected chi connectivity index (χ4v) is 2.45. The highest BCUT2D eigenvalue weighted by Gasteiger charge is 2.34. The molecule has 0 spiro atoms. The number of carbonyl (C=O) groups is 2. The maximum Gasteiger partial charge on any atom is 0.416 e. The molecule has 0 bridgehead atoms. The molecule has 0 aliphatic heterocycles. The van der Waals surface area contributed by atoms with Crippen LogP contribution < -0.4 is 11.1 Å². The highest BCUT2D eigenvalue weighted by Crippen LogP contribution is 2.32. The van der Waals surface area contributed by atoms with Crippen molar-refractivity contribution in [1.29, 1.82) is 0 Å². The number of alkyl halides is 3. The number of nitrogens with one attached hydrogen (secondary N) is 1. The summed E-state index contributed by atoms with van der Waals surface area (Å²) in [7, 11) is 0. The summed E-state index contributed by atoms with van der Waals surface area (Å²) >= 11 is 0. The van der Waals surface area contributed by atoms with Crippen molar-refractivity contribution in [2.45, 2.75) is 24.7 Å². The van der Waals surface area contributed by atoms with Gasteiger partial charge in [0.2, 0.25) is 5.91 Å². The Kier molecular flexibility index (Phi) is 5.99. The number of aliphatic hydroxyl groups excluding tert-OH is 1. The second-order valence-electron chi connectivity index (χ2n) is 5.64. The highest BCUT2D eigenvalue weighted by molar-refractivity contribution is 5.89. The molecule has 0 saturated heterocycles. The first kappa shape index (κ1) is 19.5. The Hall–Kier alpha value is -2.87. The first-order valence-electron chi connectivity index (χ1n) is 7.68.